The largest absolute Gasteiger partial charge is 0.497 e. The van der Waals surface area contributed by atoms with Crippen molar-refractivity contribution in [3.8, 4) is 5.75 Å². The lowest BCUT2D eigenvalue weighted by molar-refractivity contribution is 0.242. The molecule has 24 heavy (non-hydrogen) atoms. The average Bonchev–Trinajstić information content (AvgIpc) is 3.19. The molecule has 0 N–H and O–H groups in total. The SMILES string of the molecule is COc1ccc([C@@H]2C[C@@H](C)CN2Cc2cnc3cnccn23)cc1. The Hall–Kier alpha value is -2.40. The van der Waals surface area contributed by atoms with E-state index in [0.29, 0.717) is 12.0 Å². The van der Waals surface area contributed by atoms with Crippen LogP contribution >= 0.6 is 0 Å². The van der Waals surface area contributed by atoms with Crippen molar-refractivity contribution >= 4 is 5.65 Å². The van der Waals surface area contributed by atoms with Gasteiger partial charge in [-0.05, 0) is 30.0 Å². The number of hydrogen-bond donors (Lipinski definition) is 0. The van der Waals surface area contributed by atoms with Gasteiger partial charge in [-0.15, -0.1) is 0 Å². The number of imidazole rings is 1. The van der Waals surface area contributed by atoms with E-state index in [1.54, 1.807) is 13.3 Å². The van der Waals surface area contributed by atoms with Crippen LogP contribution < -0.4 is 4.74 Å². The van der Waals surface area contributed by atoms with E-state index in [1.165, 1.54) is 17.7 Å². The molecule has 0 bridgehead atoms. The third kappa shape index (κ3) is 2.76. The molecule has 0 spiro atoms. The third-order valence-electron chi connectivity index (χ3n) is 4.87. The maximum atomic E-state index is 5.28. The summed E-state index contributed by atoms with van der Waals surface area (Å²) >= 11 is 0. The van der Waals surface area contributed by atoms with Crippen LogP contribution in [0.15, 0.2) is 49.1 Å². The van der Waals surface area contributed by atoms with Crippen LogP contribution in [0.4, 0.5) is 0 Å². The molecule has 0 amide bonds. The van der Waals surface area contributed by atoms with Gasteiger partial charge in [0, 0.05) is 31.5 Å². The van der Waals surface area contributed by atoms with Crippen molar-refractivity contribution < 1.29 is 4.74 Å². The number of hydrogen-bond acceptors (Lipinski definition) is 4. The van der Waals surface area contributed by atoms with Crippen LogP contribution in [0.1, 0.15) is 30.6 Å². The molecule has 0 radical (unpaired) electrons. The van der Waals surface area contributed by atoms with E-state index < -0.39 is 0 Å². The summed E-state index contributed by atoms with van der Waals surface area (Å²) in [6, 6.07) is 8.92. The molecule has 2 aromatic heterocycles. The van der Waals surface area contributed by atoms with E-state index in [1.807, 2.05) is 18.6 Å². The second-order valence-electron chi connectivity index (χ2n) is 6.61. The van der Waals surface area contributed by atoms with Crippen molar-refractivity contribution in [2.75, 3.05) is 13.7 Å². The fourth-order valence-electron chi connectivity index (χ4n) is 3.70. The number of fused-ring (bicyclic) bond motifs is 1. The summed E-state index contributed by atoms with van der Waals surface area (Å²) in [6.45, 7) is 4.33. The Morgan fingerprint density at radius 2 is 2.04 bits per heavy atom. The van der Waals surface area contributed by atoms with E-state index in [4.69, 9.17) is 4.74 Å². The first-order chi connectivity index (χ1) is 11.7. The van der Waals surface area contributed by atoms with Gasteiger partial charge in [0.2, 0.25) is 0 Å². The molecule has 1 aliphatic rings. The Balaban J connectivity index is 1.60. The summed E-state index contributed by atoms with van der Waals surface area (Å²) < 4.78 is 7.41. The maximum Gasteiger partial charge on any atom is 0.155 e. The molecule has 0 aliphatic carbocycles. The van der Waals surface area contributed by atoms with Crippen LogP contribution in [0.25, 0.3) is 5.65 Å². The average molecular weight is 322 g/mol. The highest BCUT2D eigenvalue weighted by Crippen LogP contribution is 2.36. The number of benzene rings is 1. The van der Waals surface area contributed by atoms with Gasteiger partial charge in [-0.2, -0.15) is 0 Å². The second kappa shape index (κ2) is 6.24. The van der Waals surface area contributed by atoms with Crippen molar-refractivity contribution in [3.05, 3.63) is 60.3 Å². The lowest BCUT2D eigenvalue weighted by Gasteiger charge is -2.24. The quantitative estimate of drug-likeness (QED) is 0.739. The van der Waals surface area contributed by atoms with Crippen LogP contribution in [0.3, 0.4) is 0 Å². The fraction of sp³-hybridized carbons (Fsp3) is 0.368. The van der Waals surface area contributed by atoms with Gasteiger partial charge >= 0.3 is 0 Å². The Kier molecular flexibility index (Phi) is 3.94. The fourth-order valence-corrected chi connectivity index (χ4v) is 3.70. The van der Waals surface area contributed by atoms with Gasteiger partial charge in [0.05, 0.1) is 25.2 Å². The zero-order chi connectivity index (χ0) is 16.5. The standard InChI is InChI=1S/C19H22N4O/c1-14-9-18(15-3-5-17(24-2)6-4-15)22(12-14)13-16-10-21-19-11-20-7-8-23(16)19/h3-8,10-11,14,18H,9,12-13H2,1-2H3/t14-,18+/m1/s1. The van der Waals surface area contributed by atoms with E-state index >= 15 is 0 Å². The highest BCUT2D eigenvalue weighted by atomic mass is 16.5. The number of rotatable bonds is 4. The molecule has 2 atom stereocenters. The minimum Gasteiger partial charge on any atom is -0.497 e. The van der Waals surface area contributed by atoms with Gasteiger partial charge in [-0.25, -0.2) is 4.98 Å². The Morgan fingerprint density at radius 1 is 1.21 bits per heavy atom. The first-order valence-corrected chi connectivity index (χ1v) is 8.38. The van der Waals surface area contributed by atoms with Gasteiger partial charge in [-0.3, -0.25) is 14.3 Å². The van der Waals surface area contributed by atoms with Crippen molar-refractivity contribution in [3.63, 3.8) is 0 Å². The molecular weight excluding hydrogens is 300 g/mol. The summed E-state index contributed by atoms with van der Waals surface area (Å²) in [7, 11) is 1.71. The Bertz CT molecular complexity index is 827. The van der Waals surface area contributed by atoms with Crippen LogP contribution in [0.2, 0.25) is 0 Å². The summed E-state index contributed by atoms with van der Waals surface area (Å²) in [5.41, 5.74) is 3.47. The molecule has 4 rings (SSSR count). The molecule has 1 aromatic carbocycles. The second-order valence-corrected chi connectivity index (χ2v) is 6.61. The van der Waals surface area contributed by atoms with Crippen LogP contribution in [0.5, 0.6) is 5.75 Å². The number of ether oxygens (including phenoxy) is 1. The topological polar surface area (TPSA) is 42.7 Å². The lowest BCUT2D eigenvalue weighted by atomic mass is 10.0. The zero-order valence-electron chi connectivity index (χ0n) is 14.1. The molecular formula is C19H22N4O. The summed E-state index contributed by atoms with van der Waals surface area (Å²) in [5, 5.41) is 0. The molecule has 0 unspecified atom stereocenters. The zero-order valence-corrected chi connectivity index (χ0v) is 14.1. The van der Waals surface area contributed by atoms with Crippen LogP contribution in [-0.2, 0) is 6.54 Å². The van der Waals surface area contributed by atoms with E-state index in [9.17, 15) is 0 Å². The smallest absolute Gasteiger partial charge is 0.155 e. The molecule has 1 aliphatic heterocycles. The predicted molar refractivity (Wildman–Crippen MR) is 92.9 cm³/mol. The van der Waals surface area contributed by atoms with Gasteiger partial charge in [0.25, 0.3) is 0 Å². The van der Waals surface area contributed by atoms with Crippen molar-refractivity contribution in [1.82, 2.24) is 19.3 Å². The lowest BCUT2D eigenvalue weighted by Crippen LogP contribution is -2.24. The first-order valence-electron chi connectivity index (χ1n) is 8.38. The molecule has 1 fully saturated rings. The minimum absolute atomic E-state index is 0.443. The molecule has 5 heteroatoms. The summed E-state index contributed by atoms with van der Waals surface area (Å²) in [4.78, 5) is 11.1. The minimum atomic E-state index is 0.443. The van der Waals surface area contributed by atoms with E-state index in [-0.39, 0.29) is 0 Å². The first kappa shape index (κ1) is 15.1. The monoisotopic (exact) mass is 322 g/mol. The van der Waals surface area contributed by atoms with E-state index in [0.717, 1.165) is 24.5 Å². The Labute approximate surface area is 141 Å². The number of nitrogens with zero attached hydrogens (tertiary/aromatic N) is 4. The molecule has 3 heterocycles. The normalized spacial score (nSPS) is 21.4. The van der Waals surface area contributed by atoms with Gasteiger partial charge in [0.15, 0.2) is 5.65 Å². The maximum absolute atomic E-state index is 5.28. The van der Waals surface area contributed by atoms with Gasteiger partial charge in [-0.1, -0.05) is 19.1 Å². The van der Waals surface area contributed by atoms with Gasteiger partial charge in [0.1, 0.15) is 5.75 Å². The molecule has 124 valence electrons. The molecule has 5 nitrogen and oxygen atoms in total. The highest BCUT2D eigenvalue weighted by Gasteiger charge is 2.31. The van der Waals surface area contributed by atoms with Crippen LogP contribution in [-0.4, -0.2) is 32.9 Å². The summed E-state index contributed by atoms with van der Waals surface area (Å²) in [5.74, 6) is 1.60. The molecule has 0 saturated carbocycles. The number of methoxy groups -OCH3 is 1. The highest BCUT2D eigenvalue weighted by molar-refractivity contribution is 5.37. The molecule has 3 aromatic rings. The van der Waals surface area contributed by atoms with Crippen molar-refractivity contribution in [2.45, 2.75) is 25.9 Å². The third-order valence-corrected chi connectivity index (χ3v) is 4.87. The van der Waals surface area contributed by atoms with Gasteiger partial charge < -0.3 is 4.74 Å². The van der Waals surface area contributed by atoms with Crippen LogP contribution in [0, 0.1) is 5.92 Å². The number of aromatic nitrogens is 3. The van der Waals surface area contributed by atoms with Crippen molar-refractivity contribution in [2.24, 2.45) is 5.92 Å². The number of likely N-dealkylation sites (tertiary alicyclic amines) is 1. The Morgan fingerprint density at radius 3 is 2.83 bits per heavy atom. The van der Waals surface area contributed by atoms with Crippen molar-refractivity contribution in [1.29, 1.82) is 0 Å². The predicted octanol–water partition coefficient (Wildman–Crippen LogP) is 3.32. The van der Waals surface area contributed by atoms with E-state index in [2.05, 4.69) is 50.5 Å². The molecule has 1 saturated heterocycles. The summed E-state index contributed by atoms with van der Waals surface area (Å²) in [6.07, 6.45) is 8.75.